The van der Waals surface area contributed by atoms with E-state index in [1.165, 1.54) is 13.2 Å². The fourth-order valence-electron chi connectivity index (χ4n) is 2.07. The number of hydrogen-bond donors (Lipinski definition) is 1. The molecule has 0 atom stereocenters. The van der Waals surface area contributed by atoms with Gasteiger partial charge >= 0.3 is 0 Å². The molecule has 0 spiro atoms. The third-order valence-corrected chi connectivity index (χ3v) is 3.05. The second-order valence-corrected chi connectivity index (χ2v) is 4.72. The van der Waals surface area contributed by atoms with Gasteiger partial charge in [0.2, 0.25) is 5.95 Å². The third-order valence-electron chi connectivity index (χ3n) is 3.05. The van der Waals surface area contributed by atoms with E-state index in [0.717, 1.165) is 18.7 Å². The number of nitrogens with one attached hydrogen (secondary N) is 1. The van der Waals surface area contributed by atoms with Gasteiger partial charge in [0.15, 0.2) is 11.6 Å². The van der Waals surface area contributed by atoms with E-state index in [1.807, 2.05) is 17.7 Å². The van der Waals surface area contributed by atoms with Crippen molar-refractivity contribution in [3.8, 4) is 5.75 Å². The summed E-state index contributed by atoms with van der Waals surface area (Å²) in [6.07, 6.45) is 2.84. The average Bonchev–Trinajstić information content (AvgIpc) is 2.79. The van der Waals surface area contributed by atoms with E-state index in [0.29, 0.717) is 18.2 Å². The van der Waals surface area contributed by atoms with E-state index in [-0.39, 0.29) is 5.75 Å². The van der Waals surface area contributed by atoms with Crippen LogP contribution in [0.1, 0.15) is 12.1 Å². The molecular weight excluding hydrogens is 273 g/mol. The maximum Gasteiger partial charge on any atom is 0.207 e. The lowest BCUT2D eigenvalue weighted by atomic mass is 10.3. The maximum absolute atomic E-state index is 13.7. The Bertz CT molecular complexity index is 599. The zero-order valence-corrected chi connectivity index (χ0v) is 12.5. The van der Waals surface area contributed by atoms with Crippen molar-refractivity contribution in [2.24, 2.45) is 0 Å². The number of rotatable bonds is 7. The van der Waals surface area contributed by atoms with Crippen LogP contribution in [0.15, 0.2) is 24.4 Å². The number of ether oxygens (including phenoxy) is 2. The molecule has 0 aliphatic heterocycles. The summed E-state index contributed by atoms with van der Waals surface area (Å²) >= 11 is 0. The van der Waals surface area contributed by atoms with Gasteiger partial charge in [-0.05, 0) is 25.5 Å². The Morgan fingerprint density at radius 1 is 1.33 bits per heavy atom. The molecule has 0 bridgehead atoms. The summed E-state index contributed by atoms with van der Waals surface area (Å²) < 4.78 is 25.7. The van der Waals surface area contributed by atoms with Gasteiger partial charge in [0.05, 0.1) is 12.8 Å². The summed E-state index contributed by atoms with van der Waals surface area (Å²) in [4.78, 5) is 4.41. The number of hydrogen-bond acceptors (Lipinski definition) is 4. The van der Waals surface area contributed by atoms with E-state index in [1.54, 1.807) is 19.2 Å². The van der Waals surface area contributed by atoms with E-state index < -0.39 is 5.82 Å². The number of imidazole rings is 1. The quantitative estimate of drug-likeness (QED) is 0.797. The smallest absolute Gasteiger partial charge is 0.207 e. The number of benzene rings is 1. The first kappa shape index (κ1) is 15.3. The Morgan fingerprint density at radius 2 is 2.14 bits per heavy atom. The van der Waals surface area contributed by atoms with Crippen LogP contribution in [-0.4, -0.2) is 30.4 Å². The van der Waals surface area contributed by atoms with Gasteiger partial charge in [0.25, 0.3) is 0 Å². The van der Waals surface area contributed by atoms with Crippen LogP contribution in [-0.2, 0) is 11.3 Å². The van der Waals surface area contributed by atoms with Crippen LogP contribution < -0.4 is 10.1 Å². The Balaban J connectivity index is 2.13. The second-order valence-electron chi connectivity index (χ2n) is 4.72. The molecule has 21 heavy (non-hydrogen) atoms. The van der Waals surface area contributed by atoms with Gasteiger partial charge in [0, 0.05) is 38.2 Å². The summed E-state index contributed by atoms with van der Waals surface area (Å²) in [6.45, 7) is 3.40. The second kappa shape index (κ2) is 7.08. The molecule has 0 fully saturated rings. The predicted octanol–water partition coefficient (Wildman–Crippen LogP) is 3.12. The molecule has 0 unspecified atom stereocenters. The lowest BCUT2D eigenvalue weighted by Gasteiger charge is -2.10. The van der Waals surface area contributed by atoms with Crippen LogP contribution in [0.5, 0.6) is 5.75 Å². The number of aromatic nitrogens is 2. The Hall–Kier alpha value is -2.08. The third kappa shape index (κ3) is 3.95. The molecule has 1 heterocycles. The van der Waals surface area contributed by atoms with Gasteiger partial charge in [0.1, 0.15) is 0 Å². The zero-order valence-electron chi connectivity index (χ0n) is 12.5. The lowest BCUT2D eigenvalue weighted by Crippen LogP contribution is -2.05. The van der Waals surface area contributed by atoms with Crippen molar-refractivity contribution >= 4 is 11.6 Å². The van der Waals surface area contributed by atoms with Crippen LogP contribution in [0.4, 0.5) is 16.0 Å². The monoisotopic (exact) mass is 293 g/mol. The van der Waals surface area contributed by atoms with Crippen molar-refractivity contribution in [3.63, 3.8) is 0 Å². The molecule has 1 aromatic heterocycles. The van der Waals surface area contributed by atoms with Crippen LogP contribution >= 0.6 is 0 Å². The number of halogens is 1. The van der Waals surface area contributed by atoms with E-state index in [4.69, 9.17) is 9.47 Å². The number of methoxy groups -OCH3 is 2. The van der Waals surface area contributed by atoms with Crippen LogP contribution in [0.3, 0.4) is 0 Å². The van der Waals surface area contributed by atoms with E-state index in [2.05, 4.69) is 10.3 Å². The number of nitrogens with zero attached hydrogens (tertiary/aromatic N) is 2. The molecule has 1 N–H and O–H groups in total. The number of anilines is 2. The van der Waals surface area contributed by atoms with Crippen molar-refractivity contribution in [2.75, 3.05) is 26.1 Å². The van der Waals surface area contributed by atoms with Gasteiger partial charge < -0.3 is 19.4 Å². The fraction of sp³-hybridized carbons (Fsp3) is 0.400. The number of aryl methyl sites for hydroxylation is 2. The first-order chi connectivity index (χ1) is 10.1. The molecule has 114 valence electrons. The van der Waals surface area contributed by atoms with Crippen LogP contribution in [0.25, 0.3) is 0 Å². The summed E-state index contributed by atoms with van der Waals surface area (Å²) in [5.74, 6) is 0.505. The molecule has 6 heteroatoms. The maximum atomic E-state index is 13.7. The van der Waals surface area contributed by atoms with Crippen LogP contribution in [0, 0.1) is 12.7 Å². The van der Waals surface area contributed by atoms with Gasteiger partial charge in [-0.25, -0.2) is 9.37 Å². The molecule has 2 rings (SSSR count). The Labute approximate surface area is 123 Å². The first-order valence-electron chi connectivity index (χ1n) is 6.77. The average molecular weight is 293 g/mol. The minimum absolute atomic E-state index is 0.222. The largest absolute Gasteiger partial charge is 0.494 e. The van der Waals surface area contributed by atoms with E-state index >= 15 is 0 Å². The standard InChI is InChI=1S/C15H20FN3O2/c1-11-10-19(7-4-8-20-2)15(17-11)18-12-5-6-14(21-3)13(16)9-12/h5-6,9-10H,4,7-8H2,1-3H3,(H,17,18). The highest BCUT2D eigenvalue weighted by molar-refractivity contribution is 5.55. The Kier molecular flexibility index (Phi) is 5.16. The van der Waals surface area contributed by atoms with Gasteiger partial charge in [-0.3, -0.25) is 0 Å². The highest BCUT2D eigenvalue weighted by atomic mass is 19.1. The van der Waals surface area contributed by atoms with Gasteiger partial charge in [-0.2, -0.15) is 0 Å². The molecule has 2 aromatic rings. The molecule has 5 nitrogen and oxygen atoms in total. The van der Waals surface area contributed by atoms with Gasteiger partial charge in [-0.15, -0.1) is 0 Å². The summed E-state index contributed by atoms with van der Waals surface area (Å²) in [6, 6.07) is 4.73. The Morgan fingerprint density at radius 3 is 2.81 bits per heavy atom. The molecule has 0 aliphatic carbocycles. The molecule has 0 amide bonds. The molecule has 0 aliphatic rings. The molecule has 0 saturated carbocycles. The van der Waals surface area contributed by atoms with E-state index in [9.17, 15) is 4.39 Å². The lowest BCUT2D eigenvalue weighted by molar-refractivity contribution is 0.190. The summed E-state index contributed by atoms with van der Waals surface area (Å²) in [5, 5.41) is 3.13. The van der Waals surface area contributed by atoms with Crippen molar-refractivity contribution in [2.45, 2.75) is 19.9 Å². The summed E-state index contributed by atoms with van der Waals surface area (Å²) in [7, 11) is 3.12. The van der Waals surface area contributed by atoms with Gasteiger partial charge in [-0.1, -0.05) is 0 Å². The van der Waals surface area contributed by atoms with Crippen molar-refractivity contribution in [1.29, 1.82) is 0 Å². The molecule has 1 aromatic carbocycles. The highest BCUT2D eigenvalue weighted by Gasteiger charge is 2.08. The summed E-state index contributed by atoms with van der Waals surface area (Å²) in [5.41, 5.74) is 1.54. The van der Waals surface area contributed by atoms with Crippen LogP contribution in [0.2, 0.25) is 0 Å². The van der Waals surface area contributed by atoms with Crippen molar-refractivity contribution in [1.82, 2.24) is 9.55 Å². The zero-order chi connectivity index (χ0) is 15.2. The van der Waals surface area contributed by atoms with Crippen molar-refractivity contribution < 1.29 is 13.9 Å². The normalized spacial score (nSPS) is 10.7. The highest BCUT2D eigenvalue weighted by Crippen LogP contribution is 2.23. The molecular formula is C15H20FN3O2. The molecule has 0 saturated heterocycles. The minimum Gasteiger partial charge on any atom is -0.494 e. The predicted molar refractivity (Wildman–Crippen MR) is 79.7 cm³/mol. The molecule has 0 radical (unpaired) electrons. The minimum atomic E-state index is -0.406. The first-order valence-corrected chi connectivity index (χ1v) is 6.77. The fourth-order valence-corrected chi connectivity index (χ4v) is 2.07. The van der Waals surface area contributed by atoms with Crippen molar-refractivity contribution in [3.05, 3.63) is 35.9 Å². The SMILES string of the molecule is COCCCn1cc(C)nc1Nc1ccc(OC)c(F)c1. The topological polar surface area (TPSA) is 48.3 Å².